The Kier molecular flexibility index (Phi) is 4.11. The number of nitrogens with one attached hydrogen (secondary N) is 1. The quantitative estimate of drug-likeness (QED) is 0.834. The van der Waals surface area contributed by atoms with Gasteiger partial charge in [0.05, 0.1) is 16.2 Å². The summed E-state index contributed by atoms with van der Waals surface area (Å²) in [4.78, 5) is 15.4. The zero-order valence-corrected chi connectivity index (χ0v) is 11.6. The predicted octanol–water partition coefficient (Wildman–Crippen LogP) is 4.03. The average molecular weight is 348 g/mol. The lowest BCUT2D eigenvalue weighted by molar-refractivity contribution is 0.102. The second kappa shape index (κ2) is 5.63. The molecule has 7 heteroatoms. The van der Waals surface area contributed by atoms with Gasteiger partial charge in [0.15, 0.2) is 0 Å². The number of nitrogens with zero attached hydrogens (tertiary/aromatic N) is 1. The lowest BCUT2D eigenvalue weighted by Crippen LogP contribution is -2.13. The molecule has 0 radical (unpaired) electrons. The fraction of sp³-hybridized carbons (Fsp3) is 0. The maximum atomic E-state index is 13.3. The van der Waals surface area contributed by atoms with Gasteiger partial charge in [-0.2, -0.15) is 0 Å². The van der Waals surface area contributed by atoms with Gasteiger partial charge in [-0.1, -0.05) is 11.6 Å². The van der Waals surface area contributed by atoms with Crippen molar-refractivity contribution in [3.05, 3.63) is 57.3 Å². The third kappa shape index (κ3) is 3.27. The molecule has 19 heavy (non-hydrogen) atoms. The molecular formula is C12H6BrClF2N2O. The van der Waals surface area contributed by atoms with Gasteiger partial charge in [0.25, 0.3) is 5.91 Å². The number of halogens is 4. The Morgan fingerprint density at radius 3 is 2.74 bits per heavy atom. The van der Waals surface area contributed by atoms with Crippen LogP contribution in [0.3, 0.4) is 0 Å². The molecule has 0 unspecified atom stereocenters. The number of pyridine rings is 1. The summed E-state index contributed by atoms with van der Waals surface area (Å²) in [6.45, 7) is 0. The molecule has 1 amide bonds. The smallest absolute Gasteiger partial charge is 0.258 e. The number of anilines is 1. The van der Waals surface area contributed by atoms with Crippen LogP contribution >= 0.6 is 27.5 Å². The Hall–Kier alpha value is -1.53. The molecule has 0 aliphatic heterocycles. The normalized spacial score (nSPS) is 10.3. The summed E-state index contributed by atoms with van der Waals surface area (Å²) < 4.78 is 26.5. The second-order valence-electron chi connectivity index (χ2n) is 3.57. The van der Waals surface area contributed by atoms with Gasteiger partial charge in [0, 0.05) is 5.69 Å². The third-order valence-electron chi connectivity index (χ3n) is 2.23. The van der Waals surface area contributed by atoms with Gasteiger partial charge in [-0.15, -0.1) is 0 Å². The standard InChI is InChI=1S/C12H6BrClF2N2O/c13-9-2-1-7(4-10(9)16)18-12(19)8-3-6(15)5-17-11(8)14/h1-5H,(H,18,19). The van der Waals surface area contributed by atoms with Crippen molar-refractivity contribution in [3.63, 3.8) is 0 Å². The molecule has 0 aliphatic carbocycles. The molecule has 1 aromatic heterocycles. The minimum Gasteiger partial charge on any atom is -0.322 e. The van der Waals surface area contributed by atoms with Crippen LogP contribution in [-0.2, 0) is 0 Å². The first-order valence-electron chi connectivity index (χ1n) is 5.05. The van der Waals surface area contributed by atoms with E-state index in [2.05, 4.69) is 26.2 Å². The van der Waals surface area contributed by atoms with Gasteiger partial charge in [-0.3, -0.25) is 4.79 Å². The van der Waals surface area contributed by atoms with Gasteiger partial charge < -0.3 is 5.32 Å². The number of carbonyl (C=O) groups is 1. The highest BCUT2D eigenvalue weighted by Gasteiger charge is 2.13. The number of aromatic nitrogens is 1. The van der Waals surface area contributed by atoms with Crippen molar-refractivity contribution < 1.29 is 13.6 Å². The number of amides is 1. The van der Waals surface area contributed by atoms with E-state index >= 15 is 0 Å². The first kappa shape index (κ1) is 13.9. The van der Waals surface area contributed by atoms with Crippen molar-refractivity contribution in [1.82, 2.24) is 4.98 Å². The molecule has 1 aromatic carbocycles. The highest BCUT2D eigenvalue weighted by atomic mass is 79.9. The summed E-state index contributed by atoms with van der Waals surface area (Å²) >= 11 is 8.69. The molecule has 0 atom stereocenters. The first-order chi connectivity index (χ1) is 8.97. The van der Waals surface area contributed by atoms with Crippen molar-refractivity contribution in [2.45, 2.75) is 0 Å². The van der Waals surface area contributed by atoms with Crippen molar-refractivity contribution in [2.24, 2.45) is 0 Å². The molecule has 2 aromatic rings. The maximum absolute atomic E-state index is 13.3. The Balaban J connectivity index is 2.25. The van der Waals surface area contributed by atoms with Gasteiger partial charge in [0.1, 0.15) is 16.8 Å². The number of hydrogen-bond acceptors (Lipinski definition) is 2. The van der Waals surface area contributed by atoms with Crippen LogP contribution < -0.4 is 5.32 Å². The van der Waals surface area contributed by atoms with E-state index in [9.17, 15) is 13.6 Å². The summed E-state index contributed by atoms with van der Waals surface area (Å²) in [5.41, 5.74) is 0.107. The SMILES string of the molecule is O=C(Nc1ccc(Br)c(F)c1)c1cc(F)cnc1Cl. The van der Waals surface area contributed by atoms with E-state index < -0.39 is 17.5 Å². The van der Waals surface area contributed by atoms with E-state index in [-0.39, 0.29) is 20.9 Å². The van der Waals surface area contributed by atoms with Crippen molar-refractivity contribution in [2.75, 3.05) is 5.32 Å². The molecule has 1 N–H and O–H groups in total. The number of rotatable bonds is 2. The van der Waals surface area contributed by atoms with Gasteiger partial charge in [-0.05, 0) is 40.2 Å². The molecule has 0 spiro atoms. The van der Waals surface area contributed by atoms with Crippen molar-refractivity contribution >= 4 is 39.1 Å². The number of hydrogen-bond donors (Lipinski definition) is 1. The summed E-state index contributed by atoms with van der Waals surface area (Å²) in [7, 11) is 0. The van der Waals surface area contributed by atoms with Crippen LogP contribution in [0, 0.1) is 11.6 Å². The van der Waals surface area contributed by atoms with Gasteiger partial charge in [0.2, 0.25) is 0 Å². The van der Waals surface area contributed by atoms with Gasteiger partial charge in [-0.25, -0.2) is 13.8 Å². The lowest BCUT2D eigenvalue weighted by Gasteiger charge is -2.07. The maximum Gasteiger partial charge on any atom is 0.258 e. The minimum atomic E-state index is -0.684. The van der Waals surface area contributed by atoms with Crippen LogP contribution in [0.1, 0.15) is 10.4 Å². The molecule has 98 valence electrons. The van der Waals surface area contributed by atoms with Crippen LogP contribution in [0.5, 0.6) is 0 Å². The molecule has 2 rings (SSSR count). The lowest BCUT2D eigenvalue weighted by atomic mass is 10.2. The van der Waals surface area contributed by atoms with E-state index in [0.717, 1.165) is 18.3 Å². The van der Waals surface area contributed by atoms with Crippen LogP contribution in [0.2, 0.25) is 5.15 Å². The van der Waals surface area contributed by atoms with Crippen LogP contribution in [0.15, 0.2) is 34.9 Å². The third-order valence-corrected chi connectivity index (χ3v) is 3.17. The summed E-state index contributed by atoms with van der Waals surface area (Å²) in [6, 6.07) is 5.02. The summed E-state index contributed by atoms with van der Waals surface area (Å²) in [5.74, 6) is -1.88. The zero-order valence-electron chi connectivity index (χ0n) is 9.25. The van der Waals surface area contributed by atoms with Gasteiger partial charge >= 0.3 is 0 Å². The topological polar surface area (TPSA) is 42.0 Å². The van der Waals surface area contributed by atoms with Crippen LogP contribution in [0.4, 0.5) is 14.5 Å². The van der Waals surface area contributed by atoms with E-state index in [0.29, 0.717) is 0 Å². The van der Waals surface area contributed by atoms with E-state index in [4.69, 9.17) is 11.6 Å². The first-order valence-corrected chi connectivity index (χ1v) is 6.22. The van der Waals surface area contributed by atoms with E-state index in [1.54, 1.807) is 0 Å². The number of carbonyl (C=O) groups excluding carboxylic acids is 1. The molecule has 3 nitrogen and oxygen atoms in total. The Labute approximate surface area is 120 Å². The molecule has 0 bridgehead atoms. The molecular weight excluding hydrogens is 341 g/mol. The molecule has 0 saturated carbocycles. The second-order valence-corrected chi connectivity index (χ2v) is 4.79. The Morgan fingerprint density at radius 1 is 1.32 bits per heavy atom. The largest absolute Gasteiger partial charge is 0.322 e. The fourth-order valence-corrected chi connectivity index (χ4v) is 1.79. The highest BCUT2D eigenvalue weighted by molar-refractivity contribution is 9.10. The zero-order chi connectivity index (χ0) is 14.0. The molecule has 0 aliphatic rings. The number of benzene rings is 1. The Bertz CT molecular complexity index is 652. The van der Waals surface area contributed by atoms with Crippen molar-refractivity contribution in [1.29, 1.82) is 0 Å². The minimum absolute atomic E-state index is 0.120. The summed E-state index contributed by atoms with van der Waals surface area (Å²) in [5, 5.41) is 2.28. The highest BCUT2D eigenvalue weighted by Crippen LogP contribution is 2.21. The monoisotopic (exact) mass is 346 g/mol. The molecule has 0 saturated heterocycles. The van der Waals surface area contributed by atoms with Crippen LogP contribution in [0.25, 0.3) is 0 Å². The average Bonchev–Trinajstić information content (AvgIpc) is 2.36. The predicted molar refractivity (Wildman–Crippen MR) is 71.3 cm³/mol. The molecule has 1 heterocycles. The van der Waals surface area contributed by atoms with E-state index in [1.807, 2.05) is 0 Å². The van der Waals surface area contributed by atoms with E-state index in [1.165, 1.54) is 12.1 Å². The fourth-order valence-electron chi connectivity index (χ4n) is 1.35. The summed E-state index contributed by atoms with van der Waals surface area (Å²) in [6.07, 6.45) is 0.901. The van der Waals surface area contributed by atoms with Crippen LogP contribution in [-0.4, -0.2) is 10.9 Å². The molecule has 0 fully saturated rings. The van der Waals surface area contributed by atoms with Crippen molar-refractivity contribution in [3.8, 4) is 0 Å². The Morgan fingerprint density at radius 2 is 2.05 bits per heavy atom.